The molecule has 0 aromatic heterocycles. The van der Waals surface area contributed by atoms with Gasteiger partial charge in [-0.1, -0.05) is 178 Å². The summed E-state index contributed by atoms with van der Waals surface area (Å²) in [5.41, 5.74) is 6.36. The summed E-state index contributed by atoms with van der Waals surface area (Å²) < 4.78 is 15.1. The third-order valence-electron chi connectivity index (χ3n) is 30.1. The van der Waals surface area contributed by atoms with Crippen LogP contribution < -0.4 is 82.1 Å². The van der Waals surface area contributed by atoms with Crippen LogP contribution in [0.1, 0.15) is 306 Å². The molecule has 14 unspecified atom stereocenters. The summed E-state index contributed by atoms with van der Waals surface area (Å²) in [5, 5.41) is 56.0. The number of anilines is 3. The van der Waals surface area contributed by atoms with Crippen molar-refractivity contribution < 1.29 is 146 Å². The van der Waals surface area contributed by atoms with Crippen LogP contribution in [-0.4, -0.2) is 234 Å². The minimum Gasteiger partial charge on any atom is -0.550 e. The molecule has 832 valence electrons. The topological polar surface area (TPSA) is 518 Å². The summed E-state index contributed by atoms with van der Waals surface area (Å²) in [6, 6.07) is 21.7. The average Bonchev–Trinajstić information content (AvgIpc) is 1.59. The van der Waals surface area contributed by atoms with E-state index in [2.05, 4.69) is 32.9 Å². The molecule has 0 aliphatic carbocycles. The molecule has 4 heterocycles. The molecule has 4 fully saturated rings. The van der Waals surface area contributed by atoms with Crippen molar-refractivity contribution in [2.24, 2.45) is 132 Å². The smallest absolute Gasteiger partial charge is 0.550 e. The van der Waals surface area contributed by atoms with Gasteiger partial charge in [0.15, 0.2) is 5.78 Å². The van der Waals surface area contributed by atoms with Gasteiger partial charge in [-0.05, 0) is 215 Å². The fourth-order valence-corrected chi connectivity index (χ4v) is 21.4. The Morgan fingerprint density at radius 1 is 0.416 bits per heavy atom. The van der Waals surface area contributed by atoms with Crippen molar-refractivity contribution in [2.45, 2.75) is 275 Å². The number of carbonyl (C=O) groups is 17. The van der Waals surface area contributed by atoms with Gasteiger partial charge in [0.1, 0.15) is 0 Å². The van der Waals surface area contributed by atoms with Gasteiger partial charge in [-0.3, -0.25) is 86.5 Å². The maximum Gasteiger partial charge on any atom is 1.00 e. The van der Waals surface area contributed by atoms with Crippen LogP contribution >= 0.6 is 0 Å². The Hall–Kier alpha value is -10.1. The number of esters is 5. The number of aliphatic carboxylic acids is 3. The molecule has 4 aliphatic heterocycles. The molecule has 11 N–H and O–H groups in total. The third kappa shape index (κ3) is 38.0. The van der Waals surface area contributed by atoms with Crippen LogP contribution in [0, 0.1) is 121 Å². The Labute approximate surface area is 908 Å². The van der Waals surface area contributed by atoms with Gasteiger partial charge < -0.3 is 86.9 Å². The molecule has 149 heavy (non-hydrogen) atoms. The molecule has 0 spiro atoms. The molecule has 0 radical (unpaired) electrons. The number of hydrogen-bond acceptors (Lipinski definition) is 27. The molecule has 35 nitrogen and oxygen atoms in total. The van der Waals surface area contributed by atoms with E-state index in [1.807, 2.05) is 135 Å². The first kappa shape index (κ1) is 135. The Morgan fingerprint density at radius 2 is 0.779 bits per heavy atom. The zero-order valence-electron chi connectivity index (χ0n) is 95.1. The zero-order chi connectivity index (χ0) is 113. The number of aliphatic hydroxyl groups is 1. The van der Waals surface area contributed by atoms with Crippen LogP contribution in [0.4, 0.5) is 17.1 Å². The number of Topliss-reactive ketones (excluding diaryl/α,β-unsaturated/α-hetero) is 1. The molecule has 0 bridgehead atoms. The number of carboxylic acid groups (broad SMARTS) is 3. The Balaban J connectivity index is 0.00000164. The molecule has 4 aliphatic rings. The number of nitrogens with two attached hydrogens (primary N) is 2. The number of nitrogens with zero attached hydrogens (tertiary/aromatic N) is 5. The molecule has 3 aromatic carbocycles. The van der Waals surface area contributed by atoms with Gasteiger partial charge in [0, 0.05) is 140 Å². The van der Waals surface area contributed by atoms with Gasteiger partial charge in [0.05, 0.1) is 83.5 Å². The normalized spacial score (nSPS) is 19.1. The monoisotopic (exact) mass is 2100 g/mol. The van der Waals surface area contributed by atoms with E-state index in [0.717, 1.165) is 58.2 Å². The fraction of sp³-hybridized carbons (Fsp3) is 0.690. The fourth-order valence-electron chi connectivity index (χ4n) is 21.4. The minimum absolute atomic E-state index is 0. The van der Waals surface area contributed by atoms with Crippen LogP contribution in [0.15, 0.2) is 72.8 Å². The van der Waals surface area contributed by atoms with Crippen molar-refractivity contribution in [1.82, 2.24) is 31.1 Å². The van der Waals surface area contributed by atoms with Crippen molar-refractivity contribution in [3.05, 3.63) is 89.5 Å². The van der Waals surface area contributed by atoms with E-state index >= 15 is 24.0 Å². The second-order valence-electron chi connectivity index (χ2n) is 45.4. The average molecular weight is 2100 g/mol. The molecule has 14 atom stereocenters. The number of ether oxygens (including phenoxy) is 3. The van der Waals surface area contributed by atoms with Crippen molar-refractivity contribution in [3.8, 4) is 0 Å². The Kier molecular flexibility index (Phi) is 55.8. The molecular formula is C113H180N11NaO24. The van der Waals surface area contributed by atoms with Gasteiger partial charge in [-0.15, -0.1) is 0 Å². The predicted molar refractivity (Wildman–Crippen MR) is 569 cm³/mol. The summed E-state index contributed by atoms with van der Waals surface area (Å²) >= 11 is 0. The minimum atomic E-state index is -1.85. The number of amides is 8. The van der Waals surface area contributed by atoms with Crippen LogP contribution in [0.2, 0.25) is 0 Å². The number of carboxylic acids is 3. The number of cyclic esters (lactones) is 4. The number of benzene rings is 3. The summed E-state index contributed by atoms with van der Waals surface area (Å²) in [7, 11) is 11.5. The van der Waals surface area contributed by atoms with Gasteiger partial charge in [-0.25, -0.2) is 0 Å². The summed E-state index contributed by atoms with van der Waals surface area (Å²) in [4.78, 5) is 244. The van der Waals surface area contributed by atoms with Crippen molar-refractivity contribution in [1.29, 1.82) is 0 Å². The van der Waals surface area contributed by atoms with Gasteiger partial charge in [0.2, 0.25) is 35.4 Å². The molecule has 3 aromatic rings. The number of aliphatic hydroxyl groups excluding tert-OH is 1. The maximum atomic E-state index is 15.7. The van der Waals surface area contributed by atoms with Crippen LogP contribution in [-0.2, 0) is 81.3 Å². The quantitative estimate of drug-likeness (QED) is 0.00482. The van der Waals surface area contributed by atoms with E-state index < -0.39 is 194 Å². The van der Waals surface area contributed by atoms with Crippen molar-refractivity contribution in [2.75, 3.05) is 123 Å². The number of rotatable bonds is 55. The van der Waals surface area contributed by atoms with Gasteiger partial charge in [0.25, 0.3) is 11.8 Å². The van der Waals surface area contributed by atoms with Crippen LogP contribution in [0.5, 0.6) is 0 Å². The number of ketones is 1. The second-order valence-corrected chi connectivity index (χ2v) is 45.4. The maximum absolute atomic E-state index is 15.7. The van der Waals surface area contributed by atoms with E-state index in [9.17, 15) is 72.9 Å². The second kappa shape index (κ2) is 61.6. The largest absolute Gasteiger partial charge is 1.00 e. The molecule has 7 rings (SSSR count). The van der Waals surface area contributed by atoms with E-state index in [1.54, 1.807) is 119 Å². The third-order valence-corrected chi connectivity index (χ3v) is 30.1. The number of hydrogen-bond donors (Lipinski definition) is 9. The molecule has 4 saturated heterocycles. The Morgan fingerprint density at radius 3 is 1.14 bits per heavy atom. The summed E-state index contributed by atoms with van der Waals surface area (Å²) in [6.07, 6.45) is 6.40. The zero-order valence-corrected chi connectivity index (χ0v) is 97.1. The number of carbonyl (C=O) groups excluding carboxylic acids is 15. The summed E-state index contributed by atoms with van der Waals surface area (Å²) in [5.74, 6) is -30.0. The number of imide groups is 2. The summed E-state index contributed by atoms with van der Waals surface area (Å²) in [6.45, 7) is 41.4. The van der Waals surface area contributed by atoms with E-state index in [4.69, 9.17) is 26.0 Å². The molecular weight excluding hydrogens is 1920 g/mol. The van der Waals surface area contributed by atoms with Crippen molar-refractivity contribution in [3.63, 3.8) is 0 Å². The first-order valence-electron chi connectivity index (χ1n) is 52.9. The number of likely N-dealkylation sites (tertiary alicyclic amines) is 2. The van der Waals surface area contributed by atoms with Gasteiger partial charge in [-0.2, -0.15) is 0 Å². The Bertz CT molecular complexity index is 4910. The number of nitrogens with one attached hydrogen (secondary N) is 4. The molecule has 36 heteroatoms. The van der Waals surface area contributed by atoms with E-state index in [-0.39, 0.29) is 155 Å². The van der Waals surface area contributed by atoms with Crippen molar-refractivity contribution >= 4 is 118 Å². The van der Waals surface area contributed by atoms with Crippen LogP contribution in [0.25, 0.3) is 0 Å². The van der Waals surface area contributed by atoms with E-state index in [1.165, 1.54) is 40.5 Å². The van der Waals surface area contributed by atoms with Crippen LogP contribution in [0.3, 0.4) is 0 Å². The number of unbranched alkanes of at least 4 members (excludes halogenated alkanes) is 4. The van der Waals surface area contributed by atoms with E-state index in [0.29, 0.717) is 56.2 Å². The first-order chi connectivity index (χ1) is 68.9. The predicted octanol–water partition coefficient (Wildman–Crippen LogP) is 10.4. The first-order valence-corrected chi connectivity index (χ1v) is 52.9. The standard InChI is InChI=1S/C84H128N8O19.C13H20N2O.C10H16O3.C4H11N.C2H6O.Na/c1-22-26-38-87-68(96)61(57(74(103)104)47-84(16,17)64(77(108)110-25-4)58(75(105)106)48-80(8,9)59-49(5)76(107)111-78(59)109)81(10,11)44-54-62(71(99)91(69(54)97)42-27-23-2)82(12,13)45-55-63(72(100)92(70(55)98)43-29-41-86-66(94)51-32-36-53(37-33-51)90(20)21)83(14,15)46-56(73(101)102)60(79(6,7)24-3)67(95)88-40-28-39-85-65(93)50-30-34-52(35-31-50)89(18)19;1-15(2)12-8-6-11(7-9-12)13(16)5-3-4-10-14;1-5-10(3,4)7-6(2)8(11)13-9(7)12;1-2-3-4-5;1-2-3;/h30-37,49,54-64H,22-29,38-48H2,1-21H3,(H,85,93)(H,86,94)(H,87,96)(H,88,95)(H,101,102)(H,103,104)(H,105,106);6-9H,3-5,10,14H2,1-2H3;6-7H,5H2,1-4H3;2-5H2,1H3;3H,2H2,1H3;/q;;;;;+1/p-1. The molecule has 8 amide bonds. The molecule has 0 saturated carbocycles. The van der Waals surface area contributed by atoms with Gasteiger partial charge >= 0.3 is 71.3 Å². The SMILES string of the molecule is CCC(C)(C)C1C(=O)OC(=O)C1C.CCCCN.CCCCNC(=O)C(C(CC(C)(C)C(C(=O)OCC)C(CC(C)(C)C1C(=O)OC(=O)C1C)C(=O)O)C(=O)[O-])C(C)(C)CC1C(=O)N(CCCC)C(=O)C1C(C)(C)CC1C(=O)N(CCCNC(=O)c2ccc(N(C)C)cc2)C(=O)C1C(C)(C)CC(C(=O)O)C(C(=O)NCCCNC(=O)c1ccc(N(C)C)cc1)C(C)(C)CC.CCO.CN(C)c1ccc(C(=O)CCCCN)cc1.[Na+].